The van der Waals surface area contributed by atoms with Crippen molar-refractivity contribution in [3.05, 3.63) is 71.0 Å². The summed E-state index contributed by atoms with van der Waals surface area (Å²) in [5, 5.41) is 2.76. The molecule has 92 valence electrons. The largest absolute Gasteiger partial charge is 0.348 e. The zero-order valence-electron chi connectivity index (χ0n) is 10.1. The zero-order valence-corrected chi connectivity index (χ0v) is 10.1. The van der Waals surface area contributed by atoms with Crippen LogP contribution in [0.1, 0.15) is 21.5 Å². The molecular formula is C15H14FNO. The number of amides is 1. The molecule has 1 N–H and O–H groups in total. The average Bonchev–Trinajstić information content (AvgIpc) is 2.36. The maximum atomic E-state index is 13.0. The predicted octanol–water partition coefficient (Wildman–Crippen LogP) is 3.06. The SMILES string of the molecule is Cc1cccc(CNC(=O)c2cccc(F)c2)c1. The molecule has 18 heavy (non-hydrogen) atoms. The van der Waals surface area contributed by atoms with Crippen molar-refractivity contribution in [1.82, 2.24) is 5.32 Å². The standard InChI is InChI=1S/C15H14FNO/c1-11-4-2-5-12(8-11)10-17-15(18)13-6-3-7-14(16)9-13/h2-9H,10H2,1H3,(H,17,18). The van der Waals surface area contributed by atoms with Crippen molar-refractivity contribution < 1.29 is 9.18 Å². The molecule has 0 saturated carbocycles. The van der Waals surface area contributed by atoms with Crippen LogP contribution in [0, 0.1) is 12.7 Å². The number of benzene rings is 2. The van der Waals surface area contributed by atoms with E-state index >= 15 is 0 Å². The second-order valence-corrected chi connectivity index (χ2v) is 4.18. The topological polar surface area (TPSA) is 29.1 Å². The number of aryl methyl sites for hydroxylation is 1. The Morgan fingerprint density at radius 3 is 2.67 bits per heavy atom. The molecule has 0 radical (unpaired) electrons. The van der Waals surface area contributed by atoms with Gasteiger partial charge in [-0.3, -0.25) is 4.79 Å². The minimum Gasteiger partial charge on any atom is -0.348 e. The third-order valence-electron chi connectivity index (χ3n) is 2.62. The fourth-order valence-electron chi connectivity index (χ4n) is 1.74. The third kappa shape index (κ3) is 3.17. The van der Waals surface area contributed by atoms with E-state index < -0.39 is 5.82 Å². The van der Waals surface area contributed by atoms with E-state index in [1.807, 2.05) is 31.2 Å². The molecule has 0 atom stereocenters. The molecule has 2 rings (SSSR count). The van der Waals surface area contributed by atoms with E-state index in [2.05, 4.69) is 5.32 Å². The average molecular weight is 243 g/mol. The second kappa shape index (κ2) is 5.45. The van der Waals surface area contributed by atoms with Crippen LogP contribution >= 0.6 is 0 Å². The van der Waals surface area contributed by atoms with Crippen LogP contribution in [-0.4, -0.2) is 5.91 Å². The minimum absolute atomic E-state index is 0.268. The van der Waals surface area contributed by atoms with Gasteiger partial charge in [0, 0.05) is 12.1 Å². The molecule has 2 nitrogen and oxygen atoms in total. The van der Waals surface area contributed by atoms with Crippen LogP contribution in [0.4, 0.5) is 4.39 Å². The lowest BCUT2D eigenvalue weighted by Gasteiger charge is -2.06. The Morgan fingerprint density at radius 1 is 1.17 bits per heavy atom. The number of carbonyl (C=O) groups is 1. The van der Waals surface area contributed by atoms with E-state index in [9.17, 15) is 9.18 Å². The predicted molar refractivity (Wildman–Crippen MR) is 68.7 cm³/mol. The maximum Gasteiger partial charge on any atom is 0.251 e. The molecule has 0 aliphatic heterocycles. The Morgan fingerprint density at radius 2 is 1.94 bits per heavy atom. The third-order valence-corrected chi connectivity index (χ3v) is 2.62. The Bertz CT molecular complexity index is 566. The van der Waals surface area contributed by atoms with Gasteiger partial charge in [0.1, 0.15) is 5.82 Å². The van der Waals surface area contributed by atoms with Crippen LogP contribution in [0.25, 0.3) is 0 Å². The summed E-state index contributed by atoms with van der Waals surface area (Å²) in [6.07, 6.45) is 0. The molecule has 2 aromatic rings. The van der Waals surface area contributed by atoms with Gasteiger partial charge >= 0.3 is 0 Å². The van der Waals surface area contributed by atoms with Crippen LogP contribution in [0.2, 0.25) is 0 Å². The van der Waals surface area contributed by atoms with E-state index in [0.717, 1.165) is 11.1 Å². The highest BCUT2D eigenvalue weighted by molar-refractivity contribution is 5.94. The first-order valence-electron chi connectivity index (χ1n) is 5.74. The van der Waals surface area contributed by atoms with Crippen molar-refractivity contribution >= 4 is 5.91 Å². The van der Waals surface area contributed by atoms with E-state index in [4.69, 9.17) is 0 Å². The molecule has 0 unspecified atom stereocenters. The van der Waals surface area contributed by atoms with Crippen LogP contribution < -0.4 is 5.32 Å². The highest BCUT2D eigenvalue weighted by Gasteiger charge is 2.05. The summed E-state index contributed by atoms with van der Waals surface area (Å²) in [5.41, 5.74) is 2.51. The normalized spacial score (nSPS) is 10.1. The molecule has 0 saturated heterocycles. The van der Waals surface area contributed by atoms with Gasteiger partial charge < -0.3 is 5.32 Å². The molecule has 0 aliphatic carbocycles. The monoisotopic (exact) mass is 243 g/mol. The summed E-state index contributed by atoms with van der Waals surface area (Å²) < 4.78 is 13.0. The Hall–Kier alpha value is -2.16. The number of carbonyl (C=O) groups excluding carboxylic acids is 1. The molecule has 0 heterocycles. The second-order valence-electron chi connectivity index (χ2n) is 4.18. The molecule has 0 aromatic heterocycles. The van der Waals surface area contributed by atoms with E-state index in [1.54, 1.807) is 6.07 Å². The van der Waals surface area contributed by atoms with Gasteiger partial charge in [-0.1, -0.05) is 35.9 Å². The molecule has 0 aliphatic rings. The fraction of sp³-hybridized carbons (Fsp3) is 0.133. The first-order chi connectivity index (χ1) is 8.65. The van der Waals surface area contributed by atoms with Gasteiger partial charge in [-0.15, -0.1) is 0 Å². The van der Waals surface area contributed by atoms with Crippen molar-refractivity contribution in [3.8, 4) is 0 Å². The fourth-order valence-corrected chi connectivity index (χ4v) is 1.74. The quantitative estimate of drug-likeness (QED) is 0.882. The van der Waals surface area contributed by atoms with Gasteiger partial charge in [0.15, 0.2) is 0 Å². The van der Waals surface area contributed by atoms with Crippen molar-refractivity contribution in [3.63, 3.8) is 0 Å². The van der Waals surface area contributed by atoms with Crippen molar-refractivity contribution in [1.29, 1.82) is 0 Å². The molecule has 2 aromatic carbocycles. The molecule has 0 fully saturated rings. The summed E-state index contributed by atoms with van der Waals surface area (Å²) in [5.74, 6) is -0.672. The van der Waals surface area contributed by atoms with E-state index in [1.165, 1.54) is 18.2 Å². The number of hydrogen-bond acceptors (Lipinski definition) is 1. The van der Waals surface area contributed by atoms with Crippen molar-refractivity contribution in [2.45, 2.75) is 13.5 Å². The number of rotatable bonds is 3. The van der Waals surface area contributed by atoms with Crippen LogP contribution in [0.15, 0.2) is 48.5 Å². The minimum atomic E-state index is -0.404. The van der Waals surface area contributed by atoms with Crippen molar-refractivity contribution in [2.24, 2.45) is 0 Å². The Labute approximate surface area is 105 Å². The van der Waals surface area contributed by atoms with E-state index in [0.29, 0.717) is 12.1 Å². The Balaban J connectivity index is 2.00. The highest BCUT2D eigenvalue weighted by Crippen LogP contribution is 2.06. The van der Waals surface area contributed by atoms with Gasteiger partial charge in [0.25, 0.3) is 5.91 Å². The maximum absolute atomic E-state index is 13.0. The summed E-state index contributed by atoms with van der Waals surface area (Å²) in [4.78, 5) is 11.8. The lowest BCUT2D eigenvalue weighted by Crippen LogP contribution is -2.22. The lowest BCUT2D eigenvalue weighted by molar-refractivity contribution is 0.0950. The lowest BCUT2D eigenvalue weighted by atomic mass is 10.1. The molecule has 1 amide bonds. The summed E-state index contributed by atoms with van der Waals surface area (Å²) >= 11 is 0. The smallest absolute Gasteiger partial charge is 0.251 e. The van der Waals surface area contributed by atoms with E-state index in [-0.39, 0.29) is 5.91 Å². The molecular weight excluding hydrogens is 229 g/mol. The molecule has 0 bridgehead atoms. The number of hydrogen-bond donors (Lipinski definition) is 1. The number of nitrogens with one attached hydrogen (secondary N) is 1. The zero-order chi connectivity index (χ0) is 13.0. The Kier molecular flexibility index (Phi) is 3.72. The van der Waals surface area contributed by atoms with Crippen molar-refractivity contribution in [2.75, 3.05) is 0 Å². The van der Waals surface area contributed by atoms with Gasteiger partial charge in [-0.2, -0.15) is 0 Å². The summed E-state index contributed by atoms with van der Waals surface area (Å²) in [6, 6.07) is 13.6. The van der Waals surface area contributed by atoms with Crippen LogP contribution in [0.5, 0.6) is 0 Å². The van der Waals surface area contributed by atoms with Crippen LogP contribution in [0.3, 0.4) is 0 Å². The van der Waals surface area contributed by atoms with Gasteiger partial charge in [-0.25, -0.2) is 4.39 Å². The summed E-state index contributed by atoms with van der Waals surface area (Å²) in [7, 11) is 0. The van der Waals surface area contributed by atoms with Gasteiger partial charge in [-0.05, 0) is 30.7 Å². The summed E-state index contributed by atoms with van der Waals surface area (Å²) in [6.45, 7) is 2.44. The molecule has 3 heteroatoms. The first kappa shape index (κ1) is 12.3. The van der Waals surface area contributed by atoms with Crippen LogP contribution in [-0.2, 0) is 6.54 Å². The van der Waals surface area contributed by atoms with Gasteiger partial charge in [0.2, 0.25) is 0 Å². The molecule has 0 spiro atoms. The first-order valence-corrected chi connectivity index (χ1v) is 5.74. The van der Waals surface area contributed by atoms with Gasteiger partial charge in [0.05, 0.1) is 0 Å². The number of halogens is 1. The highest BCUT2D eigenvalue weighted by atomic mass is 19.1.